The molecule has 2 saturated heterocycles. The molecular formula is C20H37N3O. The Balaban J connectivity index is 1.42. The van der Waals surface area contributed by atoms with Gasteiger partial charge in [0.2, 0.25) is 5.91 Å². The number of piperidine rings is 1. The first-order chi connectivity index (χ1) is 11.7. The third-order valence-electron chi connectivity index (χ3n) is 6.40. The SMILES string of the molecule is CC1CCCCN1C(=O)CN1CCCN(CC2CCCCC2)CC1. The second-order valence-electron chi connectivity index (χ2n) is 8.37. The summed E-state index contributed by atoms with van der Waals surface area (Å²) in [5, 5.41) is 0. The fourth-order valence-corrected chi connectivity index (χ4v) is 4.85. The van der Waals surface area contributed by atoms with Gasteiger partial charge in [0.15, 0.2) is 0 Å². The molecule has 0 spiro atoms. The van der Waals surface area contributed by atoms with Gasteiger partial charge in [-0.3, -0.25) is 9.69 Å². The van der Waals surface area contributed by atoms with Crippen molar-refractivity contribution >= 4 is 5.91 Å². The van der Waals surface area contributed by atoms with Crippen LogP contribution in [-0.4, -0.2) is 72.5 Å². The molecule has 0 radical (unpaired) electrons. The van der Waals surface area contributed by atoms with E-state index in [1.165, 1.54) is 70.9 Å². The smallest absolute Gasteiger partial charge is 0.236 e. The summed E-state index contributed by atoms with van der Waals surface area (Å²) in [5.74, 6) is 1.30. The van der Waals surface area contributed by atoms with Crippen molar-refractivity contribution in [2.75, 3.05) is 45.8 Å². The van der Waals surface area contributed by atoms with Gasteiger partial charge in [-0.15, -0.1) is 0 Å². The van der Waals surface area contributed by atoms with E-state index >= 15 is 0 Å². The Bertz CT molecular complexity index is 394. The van der Waals surface area contributed by atoms with Crippen LogP contribution in [0.15, 0.2) is 0 Å². The van der Waals surface area contributed by atoms with Crippen LogP contribution in [0.3, 0.4) is 0 Å². The van der Waals surface area contributed by atoms with Gasteiger partial charge in [0.1, 0.15) is 0 Å². The quantitative estimate of drug-likeness (QED) is 0.790. The number of nitrogens with zero attached hydrogens (tertiary/aromatic N) is 3. The third kappa shape index (κ3) is 5.19. The van der Waals surface area contributed by atoms with Gasteiger partial charge in [-0.05, 0) is 64.5 Å². The van der Waals surface area contributed by atoms with Crippen molar-refractivity contribution in [1.82, 2.24) is 14.7 Å². The lowest BCUT2D eigenvalue weighted by Gasteiger charge is -2.35. The van der Waals surface area contributed by atoms with Crippen LogP contribution in [0.4, 0.5) is 0 Å². The number of rotatable bonds is 4. The van der Waals surface area contributed by atoms with E-state index in [1.54, 1.807) is 0 Å². The highest BCUT2D eigenvalue weighted by Gasteiger charge is 2.26. The van der Waals surface area contributed by atoms with Gasteiger partial charge in [0.25, 0.3) is 0 Å². The molecule has 2 heterocycles. The molecule has 0 aromatic heterocycles. The number of amides is 1. The molecule has 3 rings (SSSR count). The van der Waals surface area contributed by atoms with Gasteiger partial charge in [0, 0.05) is 32.2 Å². The highest BCUT2D eigenvalue weighted by Crippen LogP contribution is 2.24. The molecule has 0 N–H and O–H groups in total. The van der Waals surface area contributed by atoms with Crippen molar-refractivity contribution in [3.8, 4) is 0 Å². The van der Waals surface area contributed by atoms with Crippen LogP contribution in [0.5, 0.6) is 0 Å². The van der Waals surface area contributed by atoms with E-state index in [-0.39, 0.29) is 0 Å². The number of hydrogen-bond donors (Lipinski definition) is 0. The first kappa shape index (κ1) is 18.2. The highest BCUT2D eigenvalue weighted by molar-refractivity contribution is 5.78. The van der Waals surface area contributed by atoms with Crippen molar-refractivity contribution in [3.05, 3.63) is 0 Å². The van der Waals surface area contributed by atoms with E-state index in [1.807, 2.05) is 0 Å². The molecule has 0 aromatic carbocycles. The van der Waals surface area contributed by atoms with Gasteiger partial charge in [-0.1, -0.05) is 19.3 Å². The van der Waals surface area contributed by atoms with Gasteiger partial charge < -0.3 is 9.80 Å². The summed E-state index contributed by atoms with van der Waals surface area (Å²) in [5.41, 5.74) is 0. The summed E-state index contributed by atoms with van der Waals surface area (Å²) in [6.07, 6.45) is 12.1. The lowest BCUT2D eigenvalue weighted by atomic mass is 9.89. The van der Waals surface area contributed by atoms with E-state index in [4.69, 9.17) is 0 Å². The first-order valence-electron chi connectivity index (χ1n) is 10.5. The molecule has 24 heavy (non-hydrogen) atoms. The zero-order valence-corrected chi connectivity index (χ0v) is 15.7. The van der Waals surface area contributed by atoms with Crippen molar-refractivity contribution in [3.63, 3.8) is 0 Å². The molecule has 4 nitrogen and oxygen atoms in total. The minimum absolute atomic E-state index is 0.364. The molecule has 1 aliphatic carbocycles. The van der Waals surface area contributed by atoms with E-state index < -0.39 is 0 Å². The molecule has 1 atom stereocenters. The predicted molar refractivity (Wildman–Crippen MR) is 99.1 cm³/mol. The minimum atomic E-state index is 0.364. The summed E-state index contributed by atoms with van der Waals surface area (Å²) in [6, 6.07) is 0.445. The maximum absolute atomic E-state index is 12.7. The molecule has 138 valence electrons. The summed E-state index contributed by atoms with van der Waals surface area (Å²) in [7, 11) is 0. The topological polar surface area (TPSA) is 26.8 Å². The van der Waals surface area contributed by atoms with Crippen LogP contribution in [0.2, 0.25) is 0 Å². The number of carbonyl (C=O) groups is 1. The Morgan fingerprint density at radius 1 is 0.792 bits per heavy atom. The highest BCUT2D eigenvalue weighted by atomic mass is 16.2. The molecule has 3 fully saturated rings. The van der Waals surface area contributed by atoms with Crippen molar-refractivity contribution < 1.29 is 4.79 Å². The van der Waals surface area contributed by atoms with Crippen molar-refractivity contribution in [2.45, 2.75) is 70.8 Å². The molecule has 1 amide bonds. The molecular weight excluding hydrogens is 298 g/mol. The van der Waals surface area contributed by atoms with Crippen LogP contribution in [0, 0.1) is 5.92 Å². The zero-order chi connectivity index (χ0) is 16.8. The standard InChI is InChI=1S/C20H37N3O/c1-18-8-5-6-13-23(18)20(24)17-22-12-7-11-21(14-15-22)16-19-9-3-2-4-10-19/h18-19H,2-17H2,1H3. The average Bonchev–Trinajstić information content (AvgIpc) is 2.81. The normalized spacial score (nSPS) is 28.7. The molecule has 1 saturated carbocycles. The molecule has 2 aliphatic heterocycles. The summed E-state index contributed by atoms with van der Waals surface area (Å²) >= 11 is 0. The Morgan fingerprint density at radius 2 is 1.50 bits per heavy atom. The molecule has 4 heteroatoms. The lowest BCUT2D eigenvalue weighted by molar-refractivity contribution is -0.135. The Morgan fingerprint density at radius 3 is 2.29 bits per heavy atom. The second-order valence-corrected chi connectivity index (χ2v) is 8.37. The summed E-state index contributed by atoms with van der Waals surface area (Å²) in [6.45, 7) is 9.66. The monoisotopic (exact) mass is 335 g/mol. The molecule has 0 aromatic rings. The number of carbonyl (C=O) groups excluding carboxylic acids is 1. The molecule has 1 unspecified atom stereocenters. The van der Waals surface area contributed by atoms with Crippen LogP contribution in [-0.2, 0) is 4.79 Å². The second kappa shape index (κ2) is 9.19. The van der Waals surface area contributed by atoms with Crippen LogP contribution < -0.4 is 0 Å². The van der Waals surface area contributed by atoms with Gasteiger partial charge in [-0.25, -0.2) is 0 Å². The first-order valence-corrected chi connectivity index (χ1v) is 10.5. The van der Waals surface area contributed by atoms with Crippen LogP contribution in [0.1, 0.15) is 64.7 Å². The molecule has 0 bridgehead atoms. The van der Waals surface area contributed by atoms with Gasteiger partial charge >= 0.3 is 0 Å². The van der Waals surface area contributed by atoms with E-state index in [0.29, 0.717) is 18.5 Å². The zero-order valence-electron chi connectivity index (χ0n) is 15.7. The molecule has 3 aliphatic rings. The van der Waals surface area contributed by atoms with Crippen LogP contribution in [0.25, 0.3) is 0 Å². The minimum Gasteiger partial charge on any atom is -0.339 e. The predicted octanol–water partition coefficient (Wildman–Crippen LogP) is 2.98. The maximum Gasteiger partial charge on any atom is 0.236 e. The summed E-state index contributed by atoms with van der Waals surface area (Å²) in [4.78, 5) is 19.9. The fourth-order valence-electron chi connectivity index (χ4n) is 4.85. The number of hydrogen-bond acceptors (Lipinski definition) is 3. The van der Waals surface area contributed by atoms with E-state index in [9.17, 15) is 4.79 Å². The van der Waals surface area contributed by atoms with E-state index in [2.05, 4.69) is 21.6 Å². The van der Waals surface area contributed by atoms with Gasteiger partial charge in [-0.2, -0.15) is 0 Å². The van der Waals surface area contributed by atoms with E-state index in [0.717, 1.165) is 32.1 Å². The van der Waals surface area contributed by atoms with Gasteiger partial charge in [0.05, 0.1) is 6.54 Å². The largest absolute Gasteiger partial charge is 0.339 e. The third-order valence-corrected chi connectivity index (χ3v) is 6.40. The fraction of sp³-hybridized carbons (Fsp3) is 0.950. The maximum atomic E-state index is 12.7. The van der Waals surface area contributed by atoms with Crippen molar-refractivity contribution in [2.24, 2.45) is 5.92 Å². The van der Waals surface area contributed by atoms with Crippen molar-refractivity contribution in [1.29, 1.82) is 0 Å². The summed E-state index contributed by atoms with van der Waals surface area (Å²) < 4.78 is 0. The Labute approximate surface area is 148 Å². The lowest BCUT2D eigenvalue weighted by Crippen LogP contribution is -2.47. The number of likely N-dealkylation sites (tertiary alicyclic amines) is 1. The Kier molecular flexibility index (Phi) is 6.96. The average molecular weight is 336 g/mol. The van der Waals surface area contributed by atoms with Crippen LogP contribution >= 0.6 is 0 Å². The Hall–Kier alpha value is -0.610.